The Morgan fingerprint density at radius 1 is 1.60 bits per heavy atom. The standard InChI is InChI=1S/C13H17NO6/c1-18-13(15)9-4-5-11(14(16)17)12(7-9)20-8-10-3-2-6-19-10/h4-5,7,10-12H,2-3,6,8H2,1H3. The van der Waals surface area contributed by atoms with Gasteiger partial charge in [-0.25, -0.2) is 4.79 Å². The maximum atomic E-state index is 11.5. The molecule has 0 amide bonds. The van der Waals surface area contributed by atoms with Gasteiger partial charge in [-0.1, -0.05) is 0 Å². The lowest BCUT2D eigenvalue weighted by Gasteiger charge is -2.21. The van der Waals surface area contributed by atoms with Crippen LogP contribution in [0.15, 0.2) is 23.8 Å². The van der Waals surface area contributed by atoms with Crippen molar-refractivity contribution in [3.63, 3.8) is 0 Å². The number of carbonyl (C=O) groups excluding carboxylic acids is 1. The molecule has 0 aromatic rings. The van der Waals surface area contributed by atoms with E-state index in [2.05, 4.69) is 4.74 Å². The molecule has 0 spiro atoms. The molecule has 1 aliphatic heterocycles. The van der Waals surface area contributed by atoms with Crippen LogP contribution in [-0.2, 0) is 19.0 Å². The molecule has 0 aromatic carbocycles. The highest BCUT2D eigenvalue weighted by Gasteiger charge is 2.33. The number of hydrogen-bond donors (Lipinski definition) is 0. The highest BCUT2D eigenvalue weighted by Crippen LogP contribution is 2.20. The summed E-state index contributed by atoms with van der Waals surface area (Å²) in [6.07, 6.45) is 5.24. The molecule has 0 bridgehead atoms. The molecule has 1 aliphatic carbocycles. The van der Waals surface area contributed by atoms with Crippen LogP contribution >= 0.6 is 0 Å². The van der Waals surface area contributed by atoms with Crippen LogP contribution in [-0.4, -0.2) is 49.5 Å². The van der Waals surface area contributed by atoms with Crippen molar-refractivity contribution in [2.75, 3.05) is 20.3 Å². The Morgan fingerprint density at radius 2 is 2.40 bits per heavy atom. The summed E-state index contributed by atoms with van der Waals surface area (Å²) in [6.45, 7) is 0.980. The lowest BCUT2D eigenvalue weighted by molar-refractivity contribution is -0.519. The average Bonchev–Trinajstić information content (AvgIpc) is 2.97. The molecule has 7 nitrogen and oxygen atoms in total. The molecule has 3 unspecified atom stereocenters. The average molecular weight is 283 g/mol. The summed E-state index contributed by atoms with van der Waals surface area (Å²) in [5.41, 5.74) is 0.267. The molecule has 7 heteroatoms. The minimum absolute atomic E-state index is 0.0247. The van der Waals surface area contributed by atoms with E-state index in [1.54, 1.807) is 0 Å². The lowest BCUT2D eigenvalue weighted by Crippen LogP contribution is -2.37. The number of ether oxygens (including phenoxy) is 3. The summed E-state index contributed by atoms with van der Waals surface area (Å²) in [5.74, 6) is -0.534. The van der Waals surface area contributed by atoms with E-state index in [-0.39, 0.29) is 18.3 Å². The molecule has 0 saturated carbocycles. The predicted octanol–water partition coefficient (Wildman–Crippen LogP) is 0.865. The summed E-state index contributed by atoms with van der Waals surface area (Å²) in [5, 5.41) is 11.0. The van der Waals surface area contributed by atoms with Gasteiger partial charge in [-0.3, -0.25) is 10.1 Å². The van der Waals surface area contributed by atoms with E-state index >= 15 is 0 Å². The molecule has 2 aliphatic rings. The van der Waals surface area contributed by atoms with Gasteiger partial charge in [-0.15, -0.1) is 0 Å². The minimum atomic E-state index is -0.996. The molecule has 1 fully saturated rings. The number of hydrogen-bond acceptors (Lipinski definition) is 6. The van der Waals surface area contributed by atoms with Crippen LogP contribution in [0.25, 0.3) is 0 Å². The number of nitro groups is 1. The van der Waals surface area contributed by atoms with Gasteiger partial charge < -0.3 is 14.2 Å². The fourth-order valence-corrected chi connectivity index (χ4v) is 2.23. The first-order chi connectivity index (χ1) is 9.61. The smallest absolute Gasteiger partial charge is 0.337 e. The fourth-order valence-electron chi connectivity index (χ4n) is 2.23. The molecule has 0 N–H and O–H groups in total. The largest absolute Gasteiger partial charge is 0.465 e. The van der Waals surface area contributed by atoms with Gasteiger partial charge in [0.2, 0.25) is 0 Å². The zero-order valence-corrected chi connectivity index (χ0v) is 11.2. The van der Waals surface area contributed by atoms with Gasteiger partial charge >= 0.3 is 5.97 Å². The third-order valence-electron chi connectivity index (χ3n) is 3.32. The normalized spacial score (nSPS) is 29.1. The second-order valence-electron chi connectivity index (χ2n) is 4.68. The van der Waals surface area contributed by atoms with Crippen molar-refractivity contribution in [3.8, 4) is 0 Å². The van der Waals surface area contributed by atoms with Crippen LogP contribution in [0.5, 0.6) is 0 Å². The Labute approximate surface area is 116 Å². The topological polar surface area (TPSA) is 87.9 Å². The van der Waals surface area contributed by atoms with Gasteiger partial charge in [0.1, 0.15) is 6.10 Å². The molecular weight excluding hydrogens is 266 g/mol. The van der Waals surface area contributed by atoms with Crippen LogP contribution < -0.4 is 0 Å². The van der Waals surface area contributed by atoms with Crippen LogP contribution in [0.4, 0.5) is 0 Å². The van der Waals surface area contributed by atoms with Gasteiger partial charge in [0, 0.05) is 11.5 Å². The van der Waals surface area contributed by atoms with E-state index < -0.39 is 23.0 Å². The van der Waals surface area contributed by atoms with Gasteiger partial charge in [-0.2, -0.15) is 0 Å². The van der Waals surface area contributed by atoms with E-state index in [0.29, 0.717) is 6.61 Å². The Balaban J connectivity index is 2.03. The van der Waals surface area contributed by atoms with Crippen molar-refractivity contribution >= 4 is 5.97 Å². The monoisotopic (exact) mass is 283 g/mol. The summed E-state index contributed by atoms with van der Waals surface area (Å²) in [7, 11) is 1.26. The Kier molecular flexibility index (Phi) is 4.86. The summed E-state index contributed by atoms with van der Waals surface area (Å²) < 4.78 is 15.6. The van der Waals surface area contributed by atoms with E-state index in [4.69, 9.17) is 9.47 Å². The molecule has 20 heavy (non-hydrogen) atoms. The SMILES string of the molecule is COC(=O)C1=CC(OCC2CCCO2)C([N+](=O)[O-])C=C1. The third-order valence-corrected chi connectivity index (χ3v) is 3.32. The van der Waals surface area contributed by atoms with Crippen LogP contribution in [0.2, 0.25) is 0 Å². The number of methoxy groups -OCH3 is 1. The number of rotatable bonds is 5. The van der Waals surface area contributed by atoms with E-state index in [1.165, 1.54) is 25.3 Å². The third kappa shape index (κ3) is 3.43. The highest BCUT2D eigenvalue weighted by molar-refractivity contribution is 5.91. The quantitative estimate of drug-likeness (QED) is 0.422. The van der Waals surface area contributed by atoms with Crippen LogP contribution in [0.3, 0.4) is 0 Å². The molecule has 1 heterocycles. The lowest BCUT2D eigenvalue weighted by atomic mass is 10.0. The van der Waals surface area contributed by atoms with Crippen molar-refractivity contribution in [1.29, 1.82) is 0 Å². The van der Waals surface area contributed by atoms with E-state index in [9.17, 15) is 14.9 Å². The van der Waals surface area contributed by atoms with E-state index in [1.807, 2.05) is 0 Å². The van der Waals surface area contributed by atoms with Crippen molar-refractivity contribution in [1.82, 2.24) is 0 Å². The van der Waals surface area contributed by atoms with Crippen LogP contribution in [0.1, 0.15) is 12.8 Å². The number of nitrogens with zero attached hydrogens (tertiary/aromatic N) is 1. The maximum Gasteiger partial charge on any atom is 0.337 e. The Morgan fingerprint density at radius 3 is 3.00 bits per heavy atom. The molecule has 110 valence electrons. The second kappa shape index (κ2) is 6.62. The Bertz CT molecular complexity index is 438. The molecule has 3 atom stereocenters. The highest BCUT2D eigenvalue weighted by atomic mass is 16.6. The second-order valence-corrected chi connectivity index (χ2v) is 4.68. The molecule has 0 radical (unpaired) electrons. The molecular formula is C13H17NO6. The first-order valence-electron chi connectivity index (χ1n) is 6.47. The van der Waals surface area contributed by atoms with Crippen molar-refractivity contribution in [2.45, 2.75) is 31.1 Å². The minimum Gasteiger partial charge on any atom is -0.465 e. The Hall–Kier alpha value is -1.73. The fraction of sp³-hybridized carbons (Fsp3) is 0.615. The summed E-state index contributed by atoms with van der Waals surface area (Å²) in [4.78, 5) is 22.0. The van der Waals surface area contributed by atoms with Crippen molar-refractivity contribution in [2.24, 2.45) is 0 Å². The van der Waals surface area contributed by atoms with Gasteiger partial charge in [0.25, 0.3) is 6.04 Å². The maximum absolute atomic E-state index is 11.5. The van der Waals surface area contributed by atoms with Gasteiger partial charge in [0.05, 0.1) is 25.4 Å². The van der Waals surface area contributed by atoms with Gasteiger partial charge in [0.15, 0.2) is 0 Å². The molecule has 1 saturated heterocycles. The van der Waals surface area contributed by atoms with Crippen molar-refractivity contribution in [3.05, 3.63) is 33.9 Å². The van der Waals surface area contributed by atoms with Gasteiger partial charge in [-0.05, 0) is 31.1 Å². The summed E-state index contributed by atoms with van der Waals surface area (Å²) >= 11 is 0. The van der Waals surface area contributed by atoms with Crippen LogP contribution in [0, 0.1) is 10.1 Å². The zero-order chi connectivity index (χ0) is 14.5. The summed E-state index contributed by atoms with van der Waals surface area (Å²) in [6, 6.07) is -0.996. The first-order valence-corrected chi connectivity index (χ1v) is 6.47. The van der Waals surface area contributed by atoms with Crippen molar-refractivity contribution < 1.29 is 23.9 Å². The molecule has 0 aromatic heterocycles. The van der Waals surface area contributed by atoms with E-state index in [0.717, 1.165) is 12.8 Å². The number of carbonyl (C=O) groups is 1. The zero-order valence-electron chi connectivity index (χ0n) is 11.2. The first kappa shape index (κ1) is 14.7. The molecule has 2 rings (SSSR count). The predicted molar refractivity (Wildman–Crippen MR) is 68.7 cm³/mol. The number of esters is 1.